The zero-order valence-corrected chi connectivity index (χ0v) is 20.3. The number of aliphatic hydroxyl groups is 1. The van der Waals surface area contributed by atoms with Crippen LogP contribution in [0, 0.1) is 16.7 Å². The summed E-state index contributed by atoms with van der Waals surface area (Å²) >= 11 is 0. The summed E-state index contributed by atoms with van der Waals surface area (Å²) in [5, 5.41) is 10.9. The molecule has 0 spiro atoms. The number of fused-ring (bicyclic) bond motifs is 3. The van der Waals surface area contributed by atoms with Gasteiger partial charge in [-0.3, -0.25) is 4.90 Å². The summed E-state index contributed by atoms with van der Waals surface area (Å²) in [6.07, 6.45) is -0.784. The molecule has 0 bridgehead atoms. The number of piperidine rings is 1. The second-order valence-corrected chi connectivity index (χ2v) is 11.6. The maximum Gasteiger partial charge on any atom is 0.397 e. The molecule has 3 atom stereocenters. The standard InChI is InChI=1S/C26H38F3NO3/c1-24(2,3)14-18-15-30-10-7-17-11-23(22(32-4)12-19(17)20(30)13-21(18)31)33-16-25(26(27,28)29)8-5-6-9-25/h11-12,18,20-21,31H,5-10,13-16H2,1-4H3. The Balaban J connectivity index is 1.54. The van der Waals surface area contributed by atoms with E-state index in [9.17, 15) is 18.3 Å². The molecule has 186 valence electrons. The van der Waals surface area contributed by atoms with E-state index in [1.807, 2.05) is 12.1 Å². The first-order valence-corrected chi connectivity index (χ1v) is 12.2. The quantitative estimate of drug-likeness (QED) is 0.582. The van der Waals surface area contributed by atoms with E-state index in [0.717, 1.165) is 37.1 Å². The number of halogens is 3. The zero-order chi connectivity index (χ0) is 24.0. The van der Waals surface area contributed by atoms with Crippen LogP contribution in [0.15, 0.2) is 12.1 Å². The number of alkyl halides is 3. The van der Waals surface area contributed by atoms with Gasteiger partial charge in [-0.05, 0) is 66.7 Å². The number of benzene rings is 1. The van der Waals surface area contributed by atoms with Gasteiger partial charge in [-0.25, -0.2) is 0 Å². The van der Waals surface area contributed by atoms with Gasteiger partial charge in [-0.2, -0.15) is 13.2 Å². The van der Waals surface area contributed by atoms with Crippen molar-refractivity contribution in [2.45, 2.75) is 84.0 Å². The monoisotopic (exact) mass is 469 g/mol. The van der Waals surface area contributed by atoms with Crippen molar-refractivity contribution >= 4 is 0 Å². The summed E-state index contributed by atoms with van der Waals surface area (Å²) in [6, 6.07) is 3.89. The highest BCUT2D eigenvalue weighted by molar-refractivity contribution is 5.49. The van der Waals surface area contributed by atoms with Gasteiger partial charge in [0.15, 0.2) is 11.5 Å². The van der Waals surface area contributed by atoms with Crippen LogP contribution in [0.1, 0.15) is 76.5 Å². The molecule has 0 aromatic heterocycles. The van der Waals surface area contributed by atoms with Crippen LogP contribution in [0.2, 0.25) is 0 Å². The van der Waals surface area contributed by atoms with E-state index in [-0.39, 0.29) is 42.9 Å². The van der Waals surface area contributed by atoms with Crippen LogP contribution in [-0.2, 0) is 6.42 Å². The van der Waals surface area contributed by atoms with Crippen LogP contribution in [-0.4, -0.2) is 49.1 Å². The van der Waals surface area contributed by atoms with Crippen molar-refractivity contribution in [1.82, 2.24) is 4.90 Å². The predicted octanol–water partition coefficient (Wildman–Crippen LogP) is 5.91. The summed E-state index contributed by atoms with van der Waals surface area (Å²) in [7, 11) is 1.53. The minimum atomic E-state index is -4.27. The Morgan fingerprint density at radius 3 is 2.42 bits per heavy atom. The van der Waals surface area contributed by atoms with Gasteiger partial charge < -0.3 is 14.6 Å². The second-order valence-electron chi connectivity index (χ2n) is 11.6. The van der Waals surface area contributed by atoms with Gasteiger partial charge >= 0.3 is 6.18 Å². The molecule has 0 amide bonds. The molecule has 7 heteroatoms. The lowest BCUT2D eigenvalue weighted by Crippen LogP contribution is -2.48. The third-order valence-corrected chi connectivity index (χ3v) is 7.91. The molecule has 1 saturated carbocycles. The fraction of sp³-hybridized carbons (Fsp3) is 0.769. The lowest BCUT2D eigenvalue weighted by atomic mass is 9.75. The molecular weight excluding hydrogens is 431 g/mol. The van der Waals surface area contributed by atoms with Crippen molar-refractivity contribution in [2.24, 2.45) is 16.7 Å². The van der Waals surface area contributed by atoms with Crippen molar-refractivity contribution in [2.75, 3.05) is 26.8 Å². The molecule has 2 aliphatic heterocycles. The number of methoxy groups -OCH3 is 1. The van der Waals surface area contributed by atoms with Crippen molar-refractivity contribution in [1.29, 1.82) is 0 Å². The Morgan fingerprint density at radius 2 is 1.82 bits per heavy atom. The molecule has 1 saturated heterocycles. The number of rotatable bonds is 5. The average molecular weight is 470 g/mol. The van der Waals surface area contributed by atoms with Crippen molar-refractivity contribution in [3.8, 4) is 11.5 Å². The Labute approximate surface area is 195 Å². The van der Waals surface area contributed by atoms with E-state index >= 15 is 0 Å². The number of nitrogens with zero attached hydrogens (tertiary/aromatic N) is 1. The summed E-state index contributed by atoms with van der Waals surface area (Å²) in [6.45, 7) is 7.99. The third kappa shape index (κ3) is 5.00. The topological polar surface area (TPSA) is 41.9 Å². The van der Waals surface area contributed by atoms with E-state index in [4.69, 9.17) is 9.47 Å². The molecule has 1 aromatic rings. The number of aliphatic hydroxyl groups excluding tert-OH is 1. The fourth-order valence-corrected chi connectivity index (χ4v) is 6.14. The Bertz CT molecular complexity index is 842. The molecule has 1 N–H and O–H groups in total. The highest BCUT2D eigenvalue weighted by Gasteiger charge is 2.56. The minimum absolute atomic E-state index is 0.0965. The van der Waals surface area contributed by atoms with Gasteiger partial charge in [0.25, 0.3) is 0 Å². The van der Waals surface area contributed by atoms with Crippen molar-refractivity contribution in [3.05, 3.63) is 23.3 Å². The predicted molar refractivity (Wildman–Crippen MR) is 122 cm³/mol. The molecule has 4 nitrogen and oxygen atoms in total. The second kappa shape index (κ2) is 8.95. The molecule has 3 unspecified atom stereocenters. The maximum atomic E-state index is 13.8. The molecule has 2 heterocycles. The minimum Gasteiger partial charge on any atom is -0.493 e. The largest absolute Gasteiger partial charge is 0.493 e. The summed E-state index contributed by atoms with van der Waals surface area (Å²) in [5.41, 5.74) is 0.584. The highest BCUT2D eigenvalue weighted by atomic mass is 19.4. The van der Waals surface area contributed by atoms with E-state index in [1.54, 1.807) is 0 Å². The number of ether oxygens (including phenoxy) is 2. The maximum absolute atomic E-state index is 13.8. The highest BCUT2D eigenvalue weighted by Crippen LogP contribution is 2.51. The van der Waals surface area contributed by atoms with Crippen molar-refractivity contribution in [3.63, 3.8) is 0 Å². The van der Waals surface area contributed by atoms with Crippen LogP contribution in [0.3, 0.4) is 0 Å². The number of hydrogen-bond acceptors (Lipinski definition) is 4. The fourth-order valence-electron chi connectivity index (χ4n) is 6.14. The van der Waals surface area contributed by atoms with Crippen LogP contribution < -0.4 is 9.47 Å². The Hall–Kier alpha value is -1.47. The first-order chi connectivity index (χ1) is 15.4. The lowest BCUT2D eigenvalue weighted by Gasteiger charge is -2.47. The van der Waals surface area contributed by atoms with Crippen molar-refractivity contribution < 1.29 is 27.8 Å². The lowest BCUT2D eigenvalue weighted by molar-refractivity contribution is -0.230. The first kappa shape index (κ1) is 24.6. The van der Waals surface area contributed by atoms with Gasteiger partial charge in [0.2, 0.25) is 0 Å². The summed E-state index contributed by atoms with van der Waals surface area (Å²) < 4.78 is 52.8. The van der Waals surface area contributed by atoms with Gasteiger partial charge in [-0.1, -0.05) is 33.6 Å². The molecule has 4 rings (SSSR count). The molecule has 1 aliphatic carbocycles. The van der Waals surface area contributed by atoms with Gasteiger partial charge in [0.1, 0.15) is 6.61 Å². The average Bonchev–Trinajstić information content (AvgIpc) is 3.21. The van der Waals surface area contributed by atoms with Crippen LogP contribution in [0.4, 0.5) is 13.2 Å². The van der Waals surface area contributed by atoms with Gasteiger partial charge in [0, 0.05) is 19.1 Å². The van der Waals surface area contributed by atoms with Crippen LogP contribution >= 0.6 is 0 Å². The van der Waals surface area contributed by atoms with Crippen LogP contribution in [0.25, 0.3) is 0 Å². The molecule has 33 heavy (non-hydrogen) atoms. The first-order valence-electron chi connectivity index (χ1n) is 12.2. The van der Waals surface area contributed by atoms with E-state index in [0.29, 0.717) is 30.8 Å². The van der Waals surface area contributed by atoms with Crippen LogP contribution in [0.5, 0.6) is 11.5 Å². The Morgan fingerprint density at radius 1 is 1.12 bits per heavy atom. The smallest absolute Gasteiger partial charge is 0.397 e. The van der Waals surface area contributed by atoms with E-state index < -0.39 is 11.6 Å². The zero-order valence-electron chi connectivity index (χ0n) is 20.3. The molecule has 3 aliphatic rings. The molecule has 1 aromatic carbocycles. The molecule has 2 fully saturated rings. The summed E-state index contributed by atoms with van der Waals surface area (Å²) in [4.78, 5) is 2.45. The van der Waals surface area contributed by atoms with Gasteiger partial charge in [0.05, 0.1) is 18.6 Å². The Kier molecular flexibility index (Phi) is 6.69. The van der Waals surface area contributed by atoms with Gasteiger partial charge in [-0.15, -0.1) is 0 Å². The van der Waals surface area contributed by atoms with E-state index in [2.05, 4.69) is 25.7 Å². The molecular formula is C26H38F3NO3. The summed E-state index contributed by atoms with van der Waals surface area (Å²) in [5.74, 6) is 1.11. The number of hydrogen-bond donors (Lipinski definition) is 1. The molecule has 0 radical (unpaired) electrons. The third-order valence-electron chi connectivity index (χ3n) is 7.91. The SMILES string of the molecule is COc1cc2c(cc1OCC1(C(F)(F)F)CCCC1)CCN1CC(CC(C)(C)C)C(O)CC21. The normalized spacial score (nSPS) is 27.7. The van der Waals surface area contributed by atoms with E-state index in [1.165, 1.54) is 7.11 Å².